The minimum Gasteiger partial charge on any atom is -0.384 e. The summed E-state index contributed by atoms with van der Waals surface area (Å²) < 4.78 is 41.8. The number of rotatable bonds is 9. The number of carbonyl (C=O) groups is 1. The van der Waals surface area contributed by atoms with E-state index in [0.29, 0.717) is 30.3 Å². The number of likely N-dealkylation sites (tertiary alicyclic amines) is 1. The van der Waals surface area contributed by atoms with Crippen molar-refractivity contribution in [2.24, 2.45) is 5.92 Å². The van der Waals surface area contributed by atoms with Crippen LogP contribution in [-0.4, -0.2) is 46.1 Å². The van der Waals surface area contributed by atoms with Crippen molar-refractivity contribution in [1.82, 2.24) is 9.88 Å². The highest BCUT2D eigenvalue weighted by atomic mass is 35.5. The van der Waals surface area contributed by atoms with E-state index in [1.165, 1.54) is 0 Å². The highest BCUT2D eigenvalue weighted by molar-refractivity contribution is 8.00. The Hall–Kier alpha value is -2.45. The maximum Gasteiger partial charge on any atom is 0.401 e. The Morgan fingerprint density at radius 3 is 2.67 bits per heavy atom. The SMILES string of the molecule is CCSC(C1CC(C)(c2ccccc2)N(CCCNc2ccnc3cc(Cl)ccc23)C1=O)C(F)(F)F. The van der Waals surface area contributed by atoms with E-state index in [1.807, 2.05) is 49.4 Å². The number of nitrogens with one attached hydrogen (secondary N) is 1. The summed E-state index contributed by atoms with van der Waals surface area (Å²) >= 11 is 6.88. The van der Waals surface area contributed by atoms with Crippen LogP contribution >= 0.6 is 23.4 Å². The quantitative estimate of drug-likeness (QED) is 0.296. The van der Waals surface area contributed by atoms with E-state index in [2.05, 4.69) is 10.3 Å². The summed E-state index contributed by atoms with van der Waals surface area (Å²) in [6.07, 6.45) is -2.03. The molecule has 4 nitrogen and oxygen atoms in total. The molecule has 9 heteroatoms. The number of hydrogen-bond acceptors (Lipinski definition) is 4. The zero-order valence-corrected chi connectivity index (χ0v) is 21.8. The van der Waals surface area contributed by atoms with E-state index in [1.54, 1.807) is 30.2 Å². The van der Waals surface area contributed by atoms with Crippen LogP contribution < -0.4 is 5.32 Å². The first-order valence-corrected chi connectivity index (χ1v) is 13.4. The van der Waals surface area contributed by atoms with E-state index in [4.69, 9.17) is 11.6 Å². The Morgan fingerprint density at radius 1 is 1.22 bits per heavy atom. The number of carbonyl (C=O) groups excluding carboxylic acids is 1. The van der Waals surface area contributed by atoms with Gasteiger partial charge in [0, 0.05) is 35.4 Å². The number of nitrogens with zero attached hydrogens (tertiary/aromatic N) is 2. The fourth-order valence-electron chi connectivity index (χ4n) is 5.09. The molecule has 1 aliphatic rings. The molecule has 1 N–H and O–H groups in total. The lowest BCUT2D eigenvalue weighted by atomic mass is 9.85. The van der Waals surface area contributed by atoms with Crippen molar-refractivity contribution in [2.45, 2.75) is 43.7 Å². The number of hydrogen-bond donors (Lipinski definition) is 1. The van der Waals surface area contributed by atoms with Gasteiger partial charge in [-0.25, -0.2) is 0 Å². The number of halogens is 4. The standard InChI is InChI=1S/C27H29ClF3N3OS/c1-3-36-24(27(29,30)31)21-17-26(2,18-8-5-4-6-9-18)34(25(21)35)15-7-13-32-22-12-14-33-23-16-19(28)10-11-20(22)23/h4-6,8-12,14,16,21,24H,3,7,13,15,17H2,1-2H3,(H,32,33). The van der Waals surface area contributed by atoms with Gasteiger partial charge in [0.25, 0.3) is 0 Å². The van der Waals surface area contributed by atoms with Gasteiger partial charge in [-0.3, -0.25) is 9.78 Å². The lowest BCUT2D eigenvalue weighted by molar-refractivity contribution is -0.151. The van der Waals surface area contributed by atoms with Gasteiger partial charge < -0.3 is 10.2 Å². The molecule has 2 heterocycles. The molecule has 0 aliphatic carbocycles. The van der Waals surface area contributed by atoms with Crippen LogP contribution in [0.2, 0.25) is 5.02 Å². The van der Waals surface area contributed by atoms with Crippen LogP contribution in [0.15, 0.2) is 60.8 Å². The fourth-order valence-corrected chi connectivity index (χ4v) is 6.25. The van der Waals surface area contributed by atoms with E-state index < -0.39 is 28.8 Å². The van der Waals surface area contributed by atoms with Crippen molar-refractivity contribution >= 4 is 45.9 Å². The smallest absolute Gasteiger partial charge is 0.384 e. The molecule has 3 unspecified atom stereocenters. The maximum atomic E-state index is 13.9. The molecule has 0 bridgehead atoms. The Bertz CT molecular complexity index is 1210. The topological polar surface area (TPSA) is 45.2 Å². The van der Waals surface area contributed by atoms with Crippen LogP contribution in [0.4, 0.5) is 18.9 Å². The predicted octanol–water partition coefficient (Wildman–Crippen LogP) is 7.14. The summed E-state index contributed by atoms with van der Waals surface area (Å²) in [6, 6.07) is 16.7. The van der Waals surface area contributed by atoms with Crippen LogP contribution in [0.25, 0.3) is 10.9 Å². The molecule has 3 aromatic rings. The number of anilines is 1. The van der Waals surface area contributed by atoms with Crippen molar-refractivity contribution < 1.29 is 18.0 Å². The number of aromatic nitrogens is 1. The van der Waals surface area contributed by atoms with Gasteiger partial charge in [-0.1, -0.05) is 48.9 Å². The molecule has 4 rings (SSSR count). The van der Waals surface area contributed by atoms with Crippen molar-refractivity contribution in [3.63, 3.8) is 0 Å². The zero-order valence-electron chi connectivity index (χ0n) is 20.2. The average Bonchev–Trinajstić information content (AvgIpc) is 3.10. The highest BCUT2D eigenvalue weighted by Crippen LogP contribution is 2.49. The largest absolute Gasteiger partial charge is 0.401 e. The van der Waals surface area contributed by atoms with E-state index >= 15 is 0 Å². The normalized spacial score (nSPS) is 21.2. The van der Waals surface area contributed by atoms with Crippen molar-refractivity contribution in [3.05, 3.63) is 71.4 Å². The van der Waals surface area contributed by atoms with Gasteiger partial charge in [-0.05, 0) is 55.3 Å². The number of benzene rings is 2. The van der Waals surface area contributed by atoms with E-state index in [9.17, 15) is 18.0 Å². The van der Waals surface area contributed by atoms with Crippen LogP contribution in [0.1, 0.15) is 32.3 Å². The van der Waals surface area contributed by atoms with Crippen LogP contribution in [0.5, 0.6) is 0 Å². The second-order valence-electron chi connectivity index (χ2n) is 9.16. The summed E-state index contributed by atoms with van der Waals surface area (Å²) in [6.45, 7) is 4.48. The molecule has 1 aliphatic heterocycles. The molecule has 0 saturated carbocycles. The molecule has 1 saturated heterocycles. The third kappa shape index (κ3) is 5.44. The van der Waals surface area contributed by atoms with Gasteiger partial charge >= 0.3 is 6.18 Å². The number of pyridine rings is 1. The maximum absolute atomic E-state index is 13.9. The molecule has 192 valence electrons. The van der Waals surface area contributed by atoms with Crippen LogP contribution in [-0.2, 0) is 10.3 Å². The number of alkyl halides is 3. The predicted molar refractivity (Wildman–Crippen MR) is 141 cm³/mol. The Kier molecular flexibility index (Phi) is 8.05. The first-order chi connectivity index (χ1) is 17.1. The van der Waals surface area contributed by atoms with Crippen molar-refractivity contribution in [3.8, 4) is 0 Å². The van der Waals surface area contributed by atoms with Gasteiger partial charge in [0.2, 0.25) is 5.91 Å². The summed E-state index contributed by atoms with van der Waals surface area (Å²) in [4.78, 5) is 19.5. The van der Waals surface area contributed by atoms with Crippen molar-refractivity contribution in [2.75, 3.05) is 24.2 Å². The third-order valence-electron chi connectivity index (χ3n) is 6.81. The molecule has 0 spiro atoms. The van der Waals surface area contributed by atoms with Gasteiger partial charge in [-0.2, -0.15) is 13.2 Å². The monoisotopic (exact) mass is 535 g/mol. The molecule has 36 heavy (non-hydrogen) atoms. The molecule has 1 amide bonds. The summed E-state index contributed by atoms with van der Waals surface area (Å²) in [7, 11) is 0. The van der Waals surface area contributed by atoms with Crippen LogP contribution in [0.3, 0.4) is 0 Å². The molecular formula is C27H29ClF3N3OS. The average molecular weight is 536 g/mol. The lowest BCUT2D eigenvalue weighted by Crippen LogP contribution is -2.43. The Balaban J connectivity index is 1.53. The van der Waals surface area contributed by atoms with Gasteiger partial charge in [0.1, 0.15) is 5.25 Å². The second kappa shape index (κ2) is 10.9. The number of amides is 1. The van der Waals surface area contributed by atoms with Crippen LogP contribution in [0, 0.1) is 5.92 Å². The molecule has 3 atom stereocenters. The summed E-state index contributed by atoms with van der Waals surface area (Å²) in [5.41, 5.74) is 1.71. The van der Waals surface area contributed by atoms with E-state index in [0.717, 1.165) is 33.9 Å². The van der Waals surface area contributed by atoms with Gasteiger partial charge in [0.05, 0.1) is 17.0 Å². The second-order valence-corrected chi connectivity index (χ2v) is 11.0. The fraction of sp³-hybridized carbons (Fsp3) is 0.407. The summed E-state index contributed by atoms with van der Waals surface area (Å²) in [5, 5.41) is 3.21. The molecular weight excluding hydrogens is 507 g/mol. The number of thioether (sulfide) groups is 1. The third-order valence-corrected chi connectivity index (χ3v) is 8.33. The highest BCUT2D eigenvalue weighted by Gasteiger charge is 2.57. The first-order valence-electron chi connectivity index (χ1n) is 12.0. The first kappa shape index (κ1) is 26.6. The molecule has 1 aromatic heterocycles. The molecule has 2 aromatic carbocycles. The minimum atomic E-state index is -4.44. The lowest BCUT2D eigenvalue weighted by Gasteiger charge is -2.36. The Morgan fingerprint density at radius 2 is 1.97 bits per heavy atom. The Labute approximate surface area is 218 Å². The van der Waals surface area contributed by atoms with Gasteiger partial charge in [-0.15, -0.1) is 11.8 Å². The van der Waals surface area contributed by atoms with Crippen molar-refractivity contribution in [1.29, 1.82) is 0 Å². The molecule has 1 fully saturated rings. The zero-order chi connectivity index (χ0) is 25.9. The van der Waals surface area contributed by atoms with E-state index in [-0.39, 0.29) is 6.42 Å². The minimum absolute atomic E-state index is 0.135. The summed E-state index contributed by atoms with van der Waals surface area (Å²) in [5.74, 6) is -1.24. The molecule has 0 radical (unpaired) electrons. The number of fused-ring (bicyclic) bond motifs is 1. The van der Waals surface area contributed by atoms with Gasteiger partial charge in [0.15, 0.2) is 0 Å².